The highest BCUT2D eigenvalue weighted by molar-refractivity contribution is 14.0. The van der Waals surface area contributed by atoms with E-state index in [4.69, 9.17) is 19.5 Å². The lowest BCUT2D eigenvalue weighted by Crippen LogP contribution is -2.40. The van der Waals surface area contributed by atoms with E-state index in [9.17, 15) is 0 Å². The average Bonchev–Trinajstić information content (AvgIpc) is 3.25. The summed E-state index contributed by atoms with van der Waals surface area (Å²) in [4.78, 5) is 11.8. The van der Waals surface area contributed by atoms with Crippen LogP contribution in [0.25, 0.3) is 10.6 Å². The average molecular weight is 545 g/mol. The van der Waals surface area contributed by atoms with Gasteiger partial charge in [-0.15, -0.1) is 35.3 Å². The number of hydrogen-bond acceptors (Lipinski definition) is 5. The number of nitrogens with one attached hydrogen (secondary N) is 1. The summed E-state index contributed by atoms with van der Waals surface area (Å²) in [5, 5.41) is 6.51. The number of aromatic nitrogens is 1. The summed E-state index contributed by atoms with van der Waals surface area (Å²) in [6.07, 6.45) is 3.53. The third-order valence-electron chi connectivity index (χ3n) is 5.19. The van der Waals surface area contributed by atoms with Gasteiger partial charge in [0.1, 0.15) is 10.8 Å². The molecule has 1 N–H and O–H groups in total. The Labute approximate surface area is 201 Å². The van der Waals surface area contributed by atoms with Gasteiger partial charge in [-0.2, -0.15) is 0 Å². The molecule has 0 amide bonds. The molecule has 1 aliphatic heterocycles. The summed E-state index contributed by atoms with van der Waals surface area (Å²) in [6.45, 7) is 6.36. The zero-order valence-corrected chi connectivity index (χ0v) is 21.2. The smallest absolute Gasteiger partial charge is 0.194 e. The number of rotatable bonds is 8. The second-order valence-corrected chi connectivity index (χ2v) is 8.17. The van der Waals surface area contributed by atoms with Crippen molar-refractivity contribution >= 4 is 41.3 Å². The molecule has 1 aliphatic rings. The molecule has 6 nitrogen and oxygen atoms in total. The molecule has 2 aromatic rings. The van der Waals surface area contributed by atoms with Crippen molar-refractivity contribution in [2.75, 3.05) is 40.5 Å². The number of guanidine groups is 1. The van der Waals surface area contributed by atoms with Crippen LogP contribution in [0, 0.1) is 5.92 Å². The van der Waals surface area contributed by atoms with Crippen LogP contribution in [0.4, 0.5) is 0 Å². The Hall–Kier alpha value is -1.39. The summed E-state index contributed by atoms with van der Waals surface area (Å²) in [5.74, 6) is 2.56. The quantitative estimate of drug-likeness (QED) is 0.298. The van der Waals surface area contributed by atoms with E-state index in [1.807, 2.05) is 24.3 Å². The minimum Gasteiger partial charge on any atom is -0.497 e. The molecule has 8 heteroatoms. The van der Waals surface area contributed by atoms with Gasteiger partial charge in [0.05, 0.1) is 19.3 Å². The molecular formula is C22H33IN4O2S. The van der Waals surface area contributed by atoms with Gasteiger partial charge in [-0.3, -0.25) is 0 Å². The van der Waals surface area contributed by atoms with Crippen molar-refractivity contribution in [3.05, 3.63) is 35.3 Å². The first-order valence-electron chi connectivity index (χ1n) is 10.4. The monoisotopic (exact) mass is 544 g/mol. The van der Waals surface area contributed by atoms with Crippen LogP contribution in [0.3, 0.4) is 0 Å². The summed E-state index contributed by atoms with van der Waals surface area (Å²) in [6, 6.07) is 8.01. The van der Waals surface area contributed by atoms with E-state index in [-0.39, 0.29) is 24.0 Å². The predicted octanol–water partition coefficient (Wildman–Crippen LogP) is 4.65. The molecular weight excluding hydrogens is 511 g/mol. The molecule has 0 atom stereocenters. The first-order valence-corrected chi connectivity index (χ1v) is 11.2. The van der Waals surface area contributed by atoms with Gasteiger partial charge in [0.15, 0.2) is 5.96 Å². The van der Waals surface area contributed by atoms with Crippen LogP contribution in [0.15, 0.2) is 34.6 Å². The lowest BCUT2D eigenvalue weighted by atomic mass is 9.96. The number of hydrogen-bond donors (Lipinski definition) is 1. The van der Waals surface area contributed by atoms with Crippen molar-refractivity contribution in [2.45, 2.75) is 32.7 Å². The Kier molecular flexibility index (Phi) is 10.9. The second-order valence-electron chi connectivity index (χ2n) is 7.31. The molecule has 1 saturated heterocycles. The minimum absolute atomic E-state index is 0. The fraction of sp³-hybridized carbons (Fsp3) is 0.545. The van der Waals surface area contributed by atoms with E-state index in [1.165, 1.54) is 19.3 Å². The third-order valence-corrected chi connectivity index (χ3v) is 6.13. The van der Waals surface area contributed by atoms with Gasteiger partial charge in [0.2, 0.25) is 0 Å². The standard InChI is InChI=1S/C22H32N4O2S.HI/c1-4-23-22(26(2)12-9-17-10-13-28-14-11-17)24-15-19-16-29-21(25-19)18-5-7-20(27-3)8-6-18;/h5-8,16-17H,4,9-15H2,1-3H3,(H,23,24);1H. The molecule has 0 spiro atoms. The maximum Gasteiger partial charge on any atom is 0.194 e. The number of halogens is 1. The van der Waals surface area contributed by atoms with Gasteiger partial charge in [-0.25, -0.2) is 9.98 Å². The molecule has 1 fully saturated rings. The van der Waals surface area contributed by atoms with E-state index < -0.39 is 0 Å². The Morgan fingerprint density at radius 2 is 2.03 bits per heavy atom. The summed E-state index contributed by atoms with van der Waals surface area (Å²) >= 11 is 1.65. The topological polar surface area (TPSA) is 59.0 Å². The van der Waals surface area contributed by atoms with E-state index in [2.05, 4.69) is 29.6 Å². The predicted molar refractivity (Wildman–Crippen MR) is 135 cm³/mol. The van der Waals surface area contributed by atoms with Gasteiger partial charge < -0.3 is 19.7 Å². The molecule has 0 bridgehead atoms. The molecule has 166 valence electrons. The fourth-order valence-electron chi connectivity index (χ4n) is 3.39. The molecule has 2 heterocycles. The second kappa shape index (κ2) is 13.1. The van der Waals surface area contributed by atoms with Crippen molar-refractivity contribution < 1.29 is 9.47 Å². The van der Waals surface area contributed by atoms with Crippen LogP contribution in [0.1, 0.15) is 31.9 Å². The highest BCUT2D eigenvalue weighted by Crippen LogP contribution is 2.26. The Balaban J connectivity index is 0.00000320. The molecule has 0 radical (unpaired) electrons. The highest BCUT2D eigenvalue weighted by Gasteiger charge is 2.15. The van der Waals surface area contributed by atoms with E-state index in [0.29, 0.717) is 6.54 Å². The minimum atomic E-state index is 0. The SMILES string of the molecule is CCNC(=NCc1csc(-c2ccc(OC)cc2)n1)N(C)CCC1CCOCC1.I. The maximum atomic E-state index is 5.46. The van der Waals surface area contributed by atoms with Crippen molar-refractivity contribution in [1.82, 2.24) is 15.2 Å². The van der Waals surface area contributed by atoms with Crippen LogP contribution >= 0.6 is 35.3 Å². The Morgan fingerprint density at radius 3 is 2.70 bits per heavy atom. The van der Waals surface area contributed by atoms with Gasteiger partial charge in [0, 0.05) is 44.3 Å². The summed E-state index contributed by atoms with van der Waals surface area (Å²) < 4.78 is 10.7. The largest absolute Gasteiger partial charge is 0.497 e. The molecule has 3 rings (SSSR count). The first kappa shape index (κ1) is 24.9. The molecule has 0 unspecified atom stereocenters. The molecule has 30 heavy (non-hydrogen) atoms. The first-order chi connectivity index (χ1) is 14.2. The Bertz CT molecular complexity index is 776. The van der Waals surface area contributed by atoms with Gasteiger partial charge in [-0.1, -0.05) is 0 Å². The normalized spacial score (nSPS) is 14.8. The molecule has 1 aromatic heterocycles. The van der Waals surface area contributed by atoms with Crippen molar-refractivity contribution in [1.29, 1.82) is 0 Å². The summed E-state index contributed by atoms with van der Waals surface area (Å²) in [5.41, 5.74) is 2.10. The van der Waals surface area contributed by atoms with Crippen molar-refractivity contribution in [3.63, 3.8) is 0 Å². The lowest BCUT2D eigenvalue weighted by Gasteiger charge is -2.26. The number of thiazole rings is 1. The maximum absolute atomic E-state index is 5.46. The number of ether oxygens (including phenoxy) is 2. The highest BCUT2D eigenvalue weighted by atomic mass is 127. The van der Waals surface area contributed by atoms with Crippen LogP contribution in [0.5, 0.6) is 5.75 Å². The van der Waals surface area contributed by atoms with E-state index in [1.54, 1.807) is 18.4 Å². The van der Waals surface area contributed by atoms with Crippen LogP contribution in [-0.2, 0) is 11.3 Å². The van der Waals surface area contributed by atoms with E-state index >= 15 is 0 Å². The molecule has 0 aliphatic carbocycles. The van der Waals surface area contributed by atoms with Crippen LogP contribution < -0.4 is 10.1 Å². The van der Waals surface area contributed by atoms with Gasteiger partial charge in [0.25, 0.3) is 0 Å². The zero-order valence-electron chi connectivity index (χ0n) is 18.1. The number of aliphatic imine (C=N–C) groups is 1. The molecule has 0 saturated carbocycles. The molecule has 1 aromatic carbocycles. The van der Waals surface area contributed by atoms with Crippen molar-refractivity contribution in [3.8, 4) is 16.3 Å². The number of benzene rings is 1. The Morgan fingerprint density at radius 1 is 1.30 bits per heavy atom. The number of nitrogens with zero attached hydrogens (tertiary/aromatic N) is 3. The van der Waals surface area contributed by atoms with Crippen LogP contribution in [0.2, 0.25) is 0 Å². The lowest BCUT2D eigenvalue weighted by molar-refractivity contribution is 0.0625. The third kappa shape index (κ3) is 7.39. The zero-order chi connectivity index (χ0) is 20.5. The van der Waals surface area contributed by atoms with Crippen molar-refractivity contribution in [2.24, 2.45) is 10.9 Å². The van der Waals surface area contributed by atoms with Gasteiger partial charge in [-0.05, 0) is 56.4 Å². The summed E-state index contributed by atoms with van der Waals surface area (Å²) in [7, 11) is 3.79. The van der Waals surface area contributed by atoms with E-state index in [0.717, 1.165) is 60.2 Å². The van der Waals surface area contributed by atoms with Crippen LogP contribution in [-0.4, -0.2) is 56.3 Å². The fourth-order valence-corrected chi connectivity index (χ4v) is 4.21. The number of methoxy groups -OCH3 is 1. The van der Waals surface area contributed by atoms with Gasteiger partial charge >= 0.3 is 0 Å².